The highest BCUT2D eigenvalue weighted by Crippen LogP contribution is 2.05. The third-order valence-electron chi connectivity index (χ3n) is 4.96. The molecule has 0 bridgehead atoms. The first kappa shape index (κ1) is 17.9. The van der Waals surface area contributed by atoms with Gasteiger partial charge in [0.2, 0.25) is 0 Å². The maximum absolute atomic E-state index is 4.17. The van der Waals surface area contributed by atoms with Gasteiger partial charge in [0.1, 0.15) is 0 Å². The number of nitrogens with zero attached hydrogens (tertiary/aromatic N) is 9. The SMILES string of the molecule is c1cn(CN2CCN(Cn3ccnc3)CCN(Cn3ccnc3)CC2)cn1. The molecule has 9 heteroatoms. The number of hydrogen-bond acceptors (Lipinski definition) is 6. The molecule has 0 radical (unpaired) electrons. The first-order valence-corrected chi connectivity index (χ1v) is 9.39. The first-order valence-electron chi connectivity index (χ1n) is 9.39. The van der Waals surface area contributed by atoms with Gasteiger partial charge in [0.25, 0.3) is 0 Å². The van der Waals surface area contributed by atoms with Crippen LogP contribution in [0.2, 0.25) is 0 Å². The van der Waals surface area contributed by atoms with Crippen LogP contribution in [0.15, 0.2) is 56.2 Å². The lowest BCUT2D eigenvalue weighted by molar-refractivity contribution is 0.166. The van der Waals surface area contributed by atoms with Gasteiger partial charge in [-0.05, 0) is 0 Å². The molecule has 0 spiro atoms. The summed E-state index contributed by atoms with van der Waals surface area (Å²) in [6.45, 7) is 8.82. The Labute approximate surface area is 159 Å². The molecule has 27 heavy (non-hydrogen) atoms. The number of hydrogen-bond donors (Lipinski definition) is 0. The average Bonchev–Trinajstić information content (AvgIpc) is 3.44. The van der Waals surface area contributed by atoms with Crippen molar-refractivity contribution in [2.75, 3.05) is 39.3 Å². The van der Waals surface area contributed by atoms with Crippen LogP contribution in [0.25, 0.3) is 0 Å². The topological polar surface area (TPSA) is 63.2 Å². The second-order valence-electron chi connectivity index (χ2n) is 7.01. The van der Waals surface area contributed by atoms with Gasteiger partial charge in [-0.1, -0.05) is 0 Å². The second kappa shape index (κ2) is 8.94. The fraction of sp³-hybridized carbons (Fsp3) is 0.500. The predicted molar refractivity (Wildman–Crippen MR) is 101 cm³/mol. The zero-order chi connectivity index (χ0) is 18.3. The summed E-state index contributed by atoms with van der Waals surface area (Å²) in [6.07, 6.45) is 17.3. The van der Waals surface area contributed by atoms with E-state index in [1.165, 1.54) is 0 Å². The monoisotopic (exact) mass is 369 g/mol. The summed E-state index contributed by atoms with van der Waals surface area (Å²) in [4.78, 5) is 20.0. The average molecular weight is 369 g/mol. The van der Waals surface area contributed by atoms with Crippen molar-refractivity contribution < 1.29 is 0 Å². The maximum atomic E-state index is 4.17. The Morgan fingerprint density at radius 1 is 0.481 bits per heavy atom. The molecule has 3 aromatic heterocycles. The van der Waals surface area contributed by atoms with E-state index in [1.807, 2.05) is 56.2 Å². The van der Waals surface area contributed by atoms with Gasteiger partial charge < -0.3 is 13.7 Å². The Balaban J connectivity index is 1.43. The maximum Gasteiger partial charge on any atom is 0.0956 e. The van der Waals surface area contributed by atoms with Crippen LogP contribution >= 0.6 is 0 Å². The lowest BCUT2D eigenvalue weighted by Gasteiger charge is -2.26. The van der Waals surface area contributed by atoms with Crippen molar-refractivity contribution in [3.05, 3.63) is 56.2 Å². The summed E-state index contributed by atoms with van der Waals surface area (Å²) in [7, 11) is 0. The predicted octanol–water partition coefficient (Wildman–Crippen LogP) is 0.469. The van der Waals surface area contributed by atoms with Crippen LogP contribution in [0.3, 0.4) is 0 Å². The molecule has 0 amide bonds. The molecule has 1 fully saturated rings. The van der Waals surface area contributed by atoms with Crippen LogP contribution in [0.4, 0.5) is 0 Å². The van der Waals surface area contributed by atoms with Crippen molar-refractivity contribution in [2.45, 2.75) is 20.0 Å². The Morgan fingerprint density at radius 2 is 0.778 bits per heavy atom. The molecule has 0 unspecified atom stereocenters. The minimum absolute atomic E-state index is 0.873. The lowest BCUT2D eigenvalue weighted by atomic mass is 10.4. The van der Waals surface area contributed by atoms with Gasteiger partial charge in [-0.3, -0.25) is 14.7 Å². The largest absolute Gasteiger partial charge is 0.324 e. The van der Waals surface area contributed by atoms with E-state index in [1.54, 1.807) is 0 Å². The number of aromatic nitrogens is 6. The minimum atomic E-state index is 0.873. The zero-order valence-corrected chi connectivity index (χ0v) is 15.6. The van der Waals surface area contributed by atoms with Crippen LogP contribution in [-0.4, -0.2) is 82.6 Å². The highest BCUT2D eigenvalue weighted by molar-refractivity contribution is 4.79. The molecular weight excluding hydrogens is 342 g/mol. The molecular formula is C18H27N9. The molecule has 3 aromatic rings. The van der Waals surface area contributed by atoms with Crippen molar-refractivity contribution in [2.24, 2.45) is 0 Å². The third kappa shape index (κ3) is 5.25. The second-order valence-corrected chi connectivity index (χ2v) is 7.01. The fourth-order valence-electron chi connectivity index (χ4n) is 3.41. The molecule has 4 heterocycles. The van der Waals surface area contributed by atoms with Crippen molar-refractivity contribution in [3.63, 3.8) is 0 Å². The van der Waals surface area contributed by atoms with Gasteiger partial charge in [0, 0.05) is 76.4 Å². The van der Waals surface area contributed by atoms with Crippen LogP contribution in [0.5, 0.6) is 0 Å². The molecule has 0 atom stereocenters. The summed E-state index contributed by atoms with van der Waals surface area (Å²) >= 11 is 0. The van der Waals surface area contributed by atoms with Gasteiger partial charge in [0.15, 0.2) is 0 Å². The Bertz CT molecular complexity index is 634. The molecule has 1 aliphatic heterocycles. The summed E-state index contributed by atoms with van der Waals surface area (Å²) in [5.41, 5.74) is 0. The summed E-state index contributed by atoms with van der Waals surface area (Å²) < 4.78 is 6.41. The van der Waals surface area contributed by atoms with Gasteiger partial charge >= 0.3 is 0 Å². The van der Waals surface area contributed by atoms with E-state index < -0.39 is 0 Å². The fourth-order valence-corrected chi connectivity index (χ4v) is 3.41. The van der Waals surface area contributed by atoms with E-state index in [0.29, 0.717) is 0 Å². The molecule has 0 aromatic carbocycles. The van der Waals surface area contributed by atoms with E-state index in [-0.39, 0.29) is 0 Å². The molecule has 144 valence electrons. The van der Waals surface area contributed by atoms with Crippen molar-refractivity contribution >= 4 is 0 Å². The summed E-state index contributed by atoms with van der Waals surface area (Å²) in [6, 6.07) is 0. The van der Waals surface area contributed by atoms with Gasteiger partial charge in [-0.15, -0.1) is 0 Å². The molecule has 1 aliphatic rings. The van der Waals surface area contributed by atoms with Gasteiger partial charge in [0.05, 0.1) is 39.0 Å². The van der Waals surface area contributed by atoms with Crippen molar-refractivity contribution in [3.8, 4) is 0 Å². The van der Waals surface area contributed by atoms with Gasteiger partial charge in [-0.25, -0.2) is 15.0 Å². The Morgan fingerprint density at radius 3 is 1.00 bits per heavy atom. The summed E-state index contributed by atoms with van der Waals surface area (Å²) in [5, 5.41) is 0. The van der Waals surface area contributed by atoms with Crippen LogP contribution < -0.4 is 0 Å². The molecule has 0 aliphatic carbocycles. The van der Waals surface area contributed by atoms with E-state index >= 15 is 0 Å². The number of imidazole rings is 3. The molecule has 9 nitrogen and oxygen atoms in total. The van der Waals surface area contributed by atoms with E-state index in [9.17, 15) is 0 Å². The third-order valence-corrected chi connectivity index (χ3v) is 4.96. The zero-order valence-electron chi connectivity index (χ0n) is 15.6. The molecule has 4 rings (SSSR count). The van der Waals surface area contributed by atoms with Crippen LogP contribution in [0, 0.1) is 0 Å². The standard InChI is InChI=1S/C18H27N9/c1-4-25(13-19-1)16-22-7-9-23(17-26-5-2-20-14-26)11-12-24(10-8-22)18-27-6-3-21-15-27/h1-6,13-15H,7-12,16-18H2. The first-order chi connectivity index (χ1) is 13.3. The molecule has 0 N–H and O–H groups in total. The van der Waals surface area contributed by atoms with E-state index in [2.05, 4.69) is 43.4 Å². The van der Waals surface area contributed by atoms with Crippen LogP contribution in [0.1, 0.15) is 0 Å². The lowest BCUT2D eigenvalue weighted by Crippen LogP contribution is -2.37. The quantitative estimate of drug-likeness (QED) is 0.629. The minimum Gasteiger partial charge on any atom is -0.324 e. The van der Waals surface area contributed by atoms with Crippen molar-refractivity contribution in [1.82, 2.24) is 43.4 Å². The number of rotatable bonds is 6. The Kier molecular flexibility index (Phi) is 5.92. The van der Waals surface area contributed by atoms with E-state index in [0.717, 1.165) is 59.3 Å². The Hall–Kier alpha value is -2.49. The molecule has 0 saturated carbocycles. The van der Waals surface area contributed by atoms with Crippen LogP contribution in [-0.2, 0) is 20.0 Å². The van der Waals surface area contributed by atoms with E-state index in [4.69, 9.17) is 0 Å². The highest BCUT2D eigenvalue weighted by atomic mass is 15.4. The molecule has 1 saturated heterocycles. The van der Waals surface area contributed by atoms with Crippen molar-refractivity contribution in [1.29, 1.82) is 0 Å². The normalized spacial score (nSPS) is 18.2. The smallest absolute Gasteiger partial charge is 0.0956 e. The summed E-state index contributed by atoms with van der Waals surface area (Å²) in [5.74, 6) is 0. The highest BCUT2D eigenvalue weighted by Gasteiger charge is 2.17. The van der Waals surface area contributed by atoms with Gasteiger partial charge in [-0.2, -0.15) is 0 Å².